The molecule has 3 rings (SSSR count). The van der Waals surface area contributed by atoms with Crippen molar-refractivity contribution >= 4 is 11.9 Å². The lowest BCUT2D eigenvalue weighted by atomic mass is 9.77. The molecule has 0 bridgehead atoms. The number of aliphatic hydroxyl groups is 1. The van der Waals surface area contributed by atoms with E-state index in [1.807, 2.05) is 6.07 Å². The molecule has 1 fully saturated rings. The minimum absolute atomic E-state index is 0.0593. The molecule has 38 heavy (non-hydrogen) atoms. The average Bonchev–Trinajstić information content (AvgIpc) is 2.85. The van der Waals surface area contributed by atoms with Crippen molar-refractivity contribution in [2.24, 2.45) is 0 Å². The van der Waals surface area contributed by atoms with Crippen molar-refractivity contribution in [3.8, 4) is 0 Å². The molecule has 208 valence electrons. The van der Waals surface area contributed by atoms with Gasteiger partial charge in [0.05, 0.1) is 12.1 Å². The van der Waals surface area contributed by atoms with Crippen molar-refractivity contribution in [2.45, 2.75) is 70.1 Å². The minimum Gasteiger partial charge on any atom is -0.390 e. The Kier molecular flexibility index (Phi) is 9.49. The molecule has 0 spiro atoms. The van der Waals surface area contributed by atoms with Gasteiger partial charge in [-0.3, -0.25) is 4.79 Å². The molecule has 3 amide bonds. The van der Waals surface area contributed by atoms with E-state index in [1.54, 1.807) is 11.9 Å². The summed E-state index contributed by atoms with van der Waals surface area (Å²) in [6.45, 7) is 8.97. The van der Waals surface area contributed by atoms with Crippen LogP contribution < -0.4 is 16.0 Å². The Labute approximate surface area is 224 Å². The molecule has 4 N–H and O–H groups in total. The Morgan fingerprint density at radius 2 is 1.71 bits per heavy atom. The number of hydrogen-bond acceptors (Lipinski definition) is 4. The van der Waals surface area contributed by atoms with Crippen LogP contribution in [0.2, 0.25) is 0 Å². The highest BCUT2D eigenvalue weighted by molar-refractivity contribution is 5.74. The molecule has 0 unspecified atom stereocenters. The molecule has 0 aromatic heterocycles. The first kappa shape index (κ1) is 29.5. The van der Waals surface area contributed by atoms with Crippen molar-refractivity contribution in [3.63, 3.8) is 0 Å². The second-order valence-corrected chi connectivity index (χ2v) is 11.2. The van der Waals surface area contributed by atoms with E-state index in [1.165, 1.54) is 24.6 Å². The van der Waals surface area contributed by atoms with Crippen LogP contribution >= 0.6 is 0 Å². The number of piperidine rings is 1. The van der Waals surface area contributed by atoms with Gasteiger partial charge in [-0.25, -0.2) is 13.6 Å². The number of urea groups is 1. The molecular formula is C29H40F2N4O3. The second-order valence-electron chi connectivity index (χ2n) is 11.2. The highest BCUT2D eigenvalue weighted by atomic mass is 19.1. The molecule has 1 saturated heterocycles. The number of halogens is 2. The number of carbonyl (C=O) groups is 2. The van der Waals surface area contributed by atoms with Crippen LogP contribution in [0, 0.1) is 11.6 Å². The lowest BCUT2D eigenvalue weighted by molar-refractivity contribution is -0.120. The Bertz CT molecular complexity index is 1110. The summed E-state index contributed by atoms with van der Waals surface area (Å²) in [5.41, 5.74) is 2.01. The Balaban J connectivity index is 1.85. The zero-order valence-corrected chi connectivity index (χ0v) is 22.9. The number of carbonyl (C=O) groups excluding carboxylic acids is 2. The first-order valence-corrected chi connectivity index (χ1v) is 13.1. The van der Waals surface area contributed by atoms with Crippen LogP contribution in [-0.2, 0) is 22.2 Å². The summed E-state index contributed by atoms with van der Waals surface area (Å²) in [6.07, 6.45) is 0.278. The first-order valence-electron chi connectivity index (χ1n) is 13.1. The van der Waals surface area contributed by atoms with Gasteiger partial charge in [-0.05, 0) is 53.5 Å². The van der Waals surface area contributed by atoms with Gasteiger partial charge < -0.3 is 26.0 Å². The zero-order valence-electron chi connectivity index (χ0n) is 22.9. The van der Waals surface area contributed by atoms with Crippen molar-refractivity contribution in [3.05, 3.63) is 70.8 Å². The molecule has 9 heteroatoms. The maximum absolute atomic E-state index is 13.8. The van der Waals surface area contributed by atoms with Gasteiger partial charge in [0.25, 0.3) is 0 Å². The molecule has 0 aliphatic carbocycles. The normalized spacial score (nSPS) is 17.0. The maximum atomic E-state index is 13.8. The summed E-state index contributed by atoms with van der Waals surface area (Å²) in [4.78, 5) is 25.9. The topological polar surface area (TPSA) is 93.7 Å². The van der Waals surface area contributed by atoms with Gasteiger partial charge in [0, 0.05) is 45.2 Å². The third-order valence-electron chi connectivity index (χ3n) is 7.28. The smallest absolute Gasteiger partial charge is 0.317 e. The van der Waals surface area contributed by atoms with Crippen LogP contribution in [0.5, 0.6) is 0 Å². The number of benzene rings is 2. The van der Waals surface area contributed by atoms with E-state index >= 15 is 0 Å². The molecule has 1 aliphatic rings. The Morgan fingerprint density at radius 3 is 2.26 bits per heavy atom. The highest BCUT2D eigenvalue weighted by Gasteiger charge is 2.38. The number of nitrogens with one attached hydrogen (secondary N) is 3. The van der Waals surface area contributed by atoms with Crippen LogP contribution in [0.3, 0.4) is 0 Å². The Hall–Kier alpha value is -3.04. The van der Waals surface area contributed by atoms with Gasteiger partial charge in [-0.15, -0.1) is 0 Å². The number of nitrogens with zero attached hydrogens (tertiary/aromatic N) is 1. The van der Waals surface area contributed by atoms with Crippen molar-refractivity contribution in [2.75, 3.05) is 26.7 Å². The van der Waals surface area contributed by atoms with Crippen molar-refractivity contribution in [1.82, 2.24) is 20.9 Å². The van der Waals surface area contributed by atoms with Crippen LogP contribution in [0.4, 0.5) is 13.6 Å². The molecule has 0 radical (unpaired) electrons. The lowest BCUT2D eigenvalue weighted by Gasteiger charge is -2.44. The van der Waals surface area contributed by atoms with Crippen LogP contribution in [0.15, 0.2) is 42.5 Å². The summed E-state index contributed by atoms with van der Waals surface area (Å²) in [5.74, 6) is -1.78. The quantitative estimate of drug-likeness (QED) is 0.420. The van der Waals surface area contributed by atoms with Crippen LogP contribution in [0.25, 0.3) is 0 Å². The molecule has 2 aromatic rings. The fourth-order valence-corrected chi connectivity index (χ4v) is 5.07. The van der Waals surface area contributed by atoms with Gasteiger partial charge in [0.1, 0.15) is 11.6 Å². The van der Waals surface area contributed by atoms with E-state index in [4.69, 9.17) is 0 Å². The van der Waals surface area contributed by atoms with Crippen molar-refractivity contribution in [1.29, 1.82) is 0 Å². The van der Waals surface area contributed by atoms with E-state index in [2.05, 4.69) is 54.9 Å². The van der Waals surface area contributed by atoms with Gasteiger partial charge in [0.15, 0.2) is 0 Å². The van der Waals surface area contributed by atoms with E-state index in [0.29, 0.717) is 31.5 Å². The molecule has 1 aliphatic heterocycles. The van der Waals surface area contributed by atoms with Gasteiger partial charge in [-0.2, -0.15) is 0 Å². The molecule has 2 atom stereocenters. The largest absolute Gasteiger partial charge is 0.390 e. The summed E-state index contributed by atoms with van der Waals surface area (Å²) < 4.78 is 27.5. The van der Waals surface area contributed by atoms with Gasteiger partial charge in [0.2, 0.25) is 5.91 Å². The maximum Gasteiger partial charge on any atom is 0.317 e. The third-order valence-corrected chi connectivity index (χ3v) is 7.28. The first-order chi connectivity index (χ1) is 17.8. The van der Waals surface area contributed by atoms with Gasteiger partial charge >= 0.3 is 6.03 Å². The average molecular weight is 531 g/mol. The third kappa shape index (κ3) is 7.51. The predicted molar refractivity (Wildman–Crippen MR) is 144 cm³/mol. The SMILES string of the molecule is CNC(=O)N1CCC(NC[C@@H](O)[C@H](Cc2cc(F)cc(F)c2)NC(C)=O)(c2cccc(C(C)(C)C)c2)CC1. The van der Waals surface area contributed by atoms with Crippen LogP contribution in [0.1, 0.15) is 57.2 Å². The van der Waals surface area contributed by atoms with Crippen molar-refractivity contribution < 1.29 is 23.5 Å². The molecule has 7 nitrogen and oxygen atoms in total. The lowest BCUT2D eigenvalue weighted by Crippen LogP contribution is -2.57. The number of likely N-dealkylation sites (tertiary alicyclic amines) is 1. The summed E-state index contributed by atoms with van der Waals surface area (Å²) in [6, 6.07) is 10.7. The number of rotatable bonds is 8. The number of hydrogen-bond donors (Lipinski definition) is 4. The zero-order chi connectivity index (χ0) is 28.1. The Morgan fingerprint density at radius 1 is 1.08 bits per heavy atom. The monoisotopic (exact) mass is 530 g/mol. The standard InChI is InChI=1S/C29H40F2N4O3/c1-19(36)34-25(15-20-13-23(30)17-24(31)14-20)26(37)18-33-29(9-11-35(12-10-29)27(38)32-5)22-8-6-7-21(16-22)28(2,3)4/h6-8,13-14,16-17,25-26,33,37H,9-12,15,18H2,1-5H3,(H,32,38)(H,34,36)/t25-,26+/m0/s1. The summed E-state index contributed by atoms with van der Waals surface area (Å²) in [5, 5.41) is 20.1. The summed E-state index contributed by atoms with van der Waals surface area (Å²) >= 11 is 0. The molecular weight excluding hydrogens is 490 g/mol. The summed E-state index contributed by atoms with van der Waals surface area (Å²) in [7, 11) is 1.61. The second kappa shape index (κ2) is 12.2. The highest BCUT2D eigenvalue weighted by Crippen LogP contribution is 2.35. The predicted octanol–water partition coefficient (Wildman–Crippen LogP) is 3.59. The molecule has 0 saturated carbocycles. The minimum atomic E-state index is -1.04. The molecule has 2 aromatic carbocycles. The molecule has 1 heterocycles. The van der Waals surface area contributed by atoms with E-state index in [-0.39, 0.29) is 30.3 Å². The van der Waals surface area contributed by atoms with E-state index in [0.717, 1.165) is 11.6 Å². The van der Waals surface area contributed by atoms with Gasteiger partial charge in [-0.1, -0.05) is 45.0 Å². The number of aliphatic hydroxyl groups excluding tert-OH is 1. The number of amides is 3. The van der Waals surface area contributed by atoms with E-state index < -0.39 is 29.3 Å². The fourth-order valence-electron chi connectivity index (χ4n) is 5.07. The fraction of sp³-hybridized carbons (Fsp3) is 0.517. The van der Waals surface area contributed by atoms with Crippen LogP contribution in [-0.4, -0.2) is 60.8 Å². The van der Waals surface area contributed by atoms with E-state index in [9.17, 15) is 23.5 Å².